The van der Waals surface area contributed by atoms with Crippen LogP contribution in [0.1, 0.15) is 16.8 Å². The van der Waals surface area contributed by atoms with Gasteiger partial charge in [-0.3, -0.25) is 19.7 Å². The zero-order chi connectivity index (χ0) is 19.0. The molecular weight excluding hydrogens is 365 g/mol. The molecule has 1 saturated heterocycles. The van der Waals surface area contributed by atoms with E-state index in [2.05, 4.69) is 0 Å². The van der Waals surface area contributed by atoms with Crippen molar-refractivity contribution >= 4 is 29.3 Å². The summed E-state index contributed by atoms with van der Waals surface area (Å²) in [7, 11) is 0. The van der Waals surface area contributed by atoms with Crippen LogP contribution in [0.25, 0.3) is 0 Å². The van der Waals surface area contributed by atoms with Crippen LogP contribution in [0.2, 0.25) is 0 Å². The average Bonchev–Trinajstić information content (AvgIpc) is 3.00. The maximum absolute atomic E-state index is 13.2. The minimum atomic E-state index is -5.04. The fourth-order valence-electron chi connectivity index (χ4n) is 2.65. The van der Waals surface area contributed by atoms with Gasteiger partial charge in [0, 0.05) is 24.1 Å². The molecule has 136 valence electrons. The topological polar surface area (TPSA) is 101 Å². The van der Waals surface area contributed by atoms with Crippen molar-refractivity contribution in [2.45, 2.75) is 17.5 Å². The Bertz CT molecular complexity index is 740. The highest BCUT2D eigenvalue weighted by Crippen LogP contribution is 2.46. The molecule has 0 aromatic heterocycles. The Hall–Kier alpha value is -2.30. The van der Waals surface area contributed by atoms with E-state index < -0.39 is 53.6 Å². The van der Waals surface area contributed by atoms with E-state index in [0.717, 1.165) is 6.07 Å². The minimum absolute atomic E-state index is 0.361. The summed E-state index contributed by atoms with van der Waals surface area (Å²) in [5.74, 6) is -3.06. The molecule has 1 aromatic rings. The molecule has 1 aliphatic rings. The maximum atomic E-state index is 13.2. The number of hydrogen-bond acceptors (Lipinski definition) is 5. The number of rotatable bonds is 4. The van der Waals surface area contributed by atoms with E-state index >= 15 is 0 Å². The Morgan fingerprint density at radius 2 is 2.04 bits per heavy atom. The second kappa shape index (κ2) is 6.54. The van der Waals surface area contributed by atoms with E-state index in [1.54, 1.807) is 6.26 Å². The second-order valence-electron chi connectivity index (χ2n) is 5.50. The minimum Gasteiger partial charge on any atom is -0.481 e. The van der Waals surface area contributed by atoms with Crippen LogP contribution < -0.4 is 0 Å². The van der Waals surface area contributed by atoms with Gasteiger partial charge >= 0.3 is 12.1 Å². The van der Waals surface area contributed by atoms with Crippen molar-refractivity contribution in [1.82, 2.24) is 4.90 Å². The van der Waals surface area contributed by atoms with Crippen LogP contribution in [-0.2, 0) is 4.79 Å². The molecule has 1 aliphatic heterocycles. The third-order valence-corrected chi connectivity index (χ3v) is 4.86. The van der Waals surface area contributed by atoms with E-state index in [0.29, 0.717) is 9.80 Å². The number of carbonyl (C=O) groups excluding carboxylic acids is 1. The van der Waals surface area contributed by atoms with Crippen molar-refractivity contribution in [2.75, 3.05) is 19.3 Å². The summed E-state index contributed by atoms with van der Waals surface area (Å²) in [6.45, 7) is -1.53. The van der Waals surface area contributed by atoms with Gasteiger partial charge in [0.2, 0.25) is 0 Å². The van der Waals surface area contributed by atoms with Gasteiger partial charge in [-0.1, -0.05) is 0 Å². The summed E-state index contributed by atoms with van der Waals surface area (Å²) < 4.78 is 39.6. The molecule has 0 aliphatic carbocycles. The van der Waals surface area contributed by atoms with Gasteiger partial charge in [-0.05, 0) is 24.8 Å². The molecule has 7 nitrogen and oxygen atoms in total. The van der Waals surface area contributed by atoms with Crippen molar-refractivity contribution in [1.29, 1.82) is 0 Å². The number of carboxylic acid groups (broad SMARTS) is 1. The summed E-state index contributed by atoms with van der Waals surface area (Å²) in [5, 5.41) is 20.1. The first-order valence-electron chi connectivity index (χ1n) is 6.95. The molecule has 1 amide bonds. The van der Waals surface area contributed by atoms with Gasteiger partial charge in [0.05, 0.1) is 4.92 Å². The third-order valence-electron chi connectivity index (χ3n) is 4.14. The van der Waals surface area contributed by atoms with Crippen molar-refractivity contribution < 1.29 is 32.8 Å². The first kappa shape index (κ1) is 19.0. The SMILES string of the molecule is CSc1ccc([N+](=O)[O-])c(C(=O)N2CCC(C(=O)O)(C(F)(F)F)C2)c1. The van der Waals surface area contributed by atoms with E-state index in [4.69, 9.17) is 5.11 Å². The highest BCUT2D eigenvalue weighted by Gasteiger charge is 2.64. The van der Waals surface area contributed by atoms with Crippen LogP contribution in [0.4, 0.5) is 18.9 Å². The highest BCUT2D eigenvalue weighted by molar-refractivity contribution is 7.98. The monoisotopic (exact) mass is 378 g/mol. The zero-order valence-electron chi connectivity index (χ0n) is 12.9. The first-order valence-corrected chi connectivity index (χ1v) is 8.18. The van der Waals surface area contributed by atoms with E-state index in [1.165, 1.54) is 23.9 Å². The normalized spacial score (nSPS) is 20.6. The molecule has 1 fully saturated rings. The number of carboxylic acids is 1. The molecule has 25 heavy (non-hydrogen) atoms. The molecule has 0 saturated carbocycles. The lowest BCUT2D eigenvalue weighted by atomic mass is 9.86. The van der Waals surface area contributed by atoms with Crippen LogP contribution in [-0.4, -0.2) is 52.3 Å². The lowest BCUT2D eigenvalue weighted by Gasteiger charge is -2.27. The number of nitro benzene ring substituents is 1. The number of halogens is 3. The Labute approximate surface area is 143 Å². The molecule has 0 bridgehead atoms. The van der Waals surface area contributed by atoms with Gasteiger partial charge < -0.3 is 10.0 Å². The number of amides is 1. The number of carbonyl (C=O) groups is 2. The summed E-state index contributed by atoms with van der Waals surface area (Å²) in [5.41, 5.74) is -3.96. The molecular formula is C14H13F3N2O5S. The van der Waals surface area contributed by atoms with Gasteiger partial charge in [-0.2, -0.15) is 13.2 Å². The predicted molar refractivity (Wildman–Crippen MR) is 81.5 cm³/mol. The number of alkyl halides is 3. The number of likely N-dealkylation sites (tertiary alicyclic amines) is 1. The quantitative estimate of drug-likeness (QED) is 0.491. The predicted octanol–water partition coefficient (Wildman–Crippen LogP) is 2.80. The van der Waals surface area contributed by atoms with E-state index in [-0.39, 0.29) is 5.56 Å². The summed E-state index contributed by atoms with van der Waals surface area (Å²) in [6.07, 6.45) is -4.17. The molecule has 11 heteroatoms. The standard InChI is InChI=1S/C14H13F3N2O5S/c1-25-8-2-3-10(19(23)24)9(6-8)11(20)18-5-4-13(7-18,12(21)22)14(15,16)17/h2-3,6H,4-5,7H2,1H3,(H,21,22). The van der Waals surface area contributed by atoms with Crippen molar-refractivity contribution in [2.24, 2.45) is 5.41 Å². The first-order chi connectivity index (χ1) is 11.5. The number of nitrogens with zero attached hydrogens (tertiary/aromatic N) is 2. The smallest absolute Gasteiger partial charge is 0.406 e. The van der Waals surface area contributed by atoms with Crippen molar-refractivity contribution in [3.05, 3.63) is 33.9 Å². The van der Waals surface area contributed by atoms with Crippen LogP contribution in [0.5, 0.6) is 0 Å². The summed E-state index contributed by atoms with van der Waals surface area (Å²) in [6, 6.07) is 3.74. The number of nitro groups is 1. The van der Waals surface area contributed by atoms with Crippen LogP contribution in [0.3, 0.4) is 0 Å². The molecule has 0 spiro atoms. The fraction of sp³-hybridized carbons (Fsp3) is 0.429. The average molecular weight is 378 g/mol. The molecule has 1 unspecified atom stereocenters. The Kier molecular flexibility index (Phi) is 4.98. The lowest BCUT2D eigenvalue weighted by Crippen LogP contribution is -2.47. The molecule has 0 radical (unpaired) electrons. The Morgan fingerprint density at radius 3 is 2.48 bits per heavy atom. The highest BCUT2D eigenvalue weighted by atomic mass is 32.2. The van der Waals surface area contributed by atoms with Crippen LogP contribution >= 0.6 is 11.8 Å². The second-order valence-corrected chi connectivity index (χ2v) is 6.38. The van der Waals surface area contributed by atoms with Crippen LogP contribution in [0.15, 0.2) is 23.1 Å². The van der Waals surface area contributed by atoms with Crippen LogP contribution in [0, 0.1) is 15.5 Å². The Morgan fingerprint density at radius 1 is 1.40 bits per heavy atom. The molecule has 1 atom stereocenters. The number of aliphatic carboxylic acids is 1. The van der Waals surface area contributed by atoms with Gasteiger partial charge in [0.25, 0.3) is 11.6 Å². The van der Waals surface area contributed by atoms with Gasteiger partial charge in [0.1, 0.15) is 5.56 Å². The fourth-order valence-corrected chi connectivity index (χ4v) is 3.09. The molecule has 1 N–H and O–H groups in total. The number of thioether (sulfide) groups is 1. The molecule has 2 rings (SSSR count). The summed E-state index contributed by atoms with van der Waals surface area (Å²) in [4.78, 5) is 35.2. The van der Waals surface area contributed by atoms with E-state index in [1.807, 2.05) is 0 Å². The number of hydrogen-bond donors (Lipinski definition) is 1. The lowest BCUT2D eigenvalue weighted by molar-refractivity contribution is -0.385. The van der Waals surface area contributed by atoms with Crippen molar-refractivity contribution in [3.8, 4) is 0 Å². The Balaban J connectivity index is 2.40. The molecule has 1 heterocycles. The van der Waals surface area contributed by atoms with Gasteiger partial charge in [-0.15, -0.1) is 11.8 Å². The van der Waals surface area contributed by atoms with E-state index in [9.17, 15) is 32.9 Å². The largest absolute Gasteiger partial charge is 0.481 e. The third kappa shape index (κ3) is 3.28. The van der Waals surface area contributed by atoms with Gasteiger partial charge in [-0.25, -0.2) is 0 Å². The maximum Gasteiger partial charge on any atom is 0.406 e. The summed E-state index contributed by atoms with van der Waals surface area (Å²) >= 11 is 1.20. The van der Waals surface area contributed by atoms with Crippen molar-refractivity contribution in [3.63, 3.8) is 0 Å². The van der Waals surface area contributed by atoms with Gasteiger partial charge in [0.15, 0.2) is 5.41 Å². The molecule has 1 aromatic carbocycles. The zero-order valence-corrected chi connectivity index (χ0v) is 13.7. The number of benzene rings is 1.